The van der Waals surface area contributed by atoms with Gasteiger partial charge in [0.25, 0.3) is 0 Å². The van der Waals surface area contributed by atoms with Crippen molar-refractivity contribution in [3.8, 4) is 11.3 Å². The lowest BCUT2D eigenvalue weighted by Gasteiger charge is -2.06. The lowest BCUT2D eigenvalue weighted by molar-refractivity contribution is 0.190. The Bertz CT molecular complexity index is 537. The molecule has 2 rings (SSSR count). The van der Waals surface area contributed by atoms with Gasteiger partial charge in [0.1, 0.15) is 0 Å². The number of benzene rings is 1. The Hall–Kier alpha value is -2.34. The van der Waals surface area contributed by atoms with E-state index in [4.69, 9.17) is 9.63 Å². The van der Waals surface area contributed by atoms with Crippen LogP contribution in [0.5, 0.6) is 0 Å². The lowest BCUT2D eigenvalue weighted by Crippen LogP contribution is -2.34. The van der Waals surface area contributed by atoms with Gasteiger partial charge in [-0.05, 0) is 6.92 Å². The highest BCUT2D eigenvalue weighted by Gasteiger charge is 2.09. The molecular formula is C13H15N3O3. The van der Waals surface area contributed by atoms with Crippen LogP contribution < -0.4 is 10.6 Å². The minimum Gasteiger partial charge on any atom is -0.392 e. The summed E-state index contributed by atoms with van der Waals surface area (Å²) < 4.78 is 5.14. The maximum absolute atomic E-state index is 11.4. The highest BCUT2D eigenvalue weighted by Crippen LogP contribution is 2.21. The molecule has 0 bridgehead atoms. The summed E-state index contributed by atoms with van der Waals surface area (Å²) in [6.45, 7) is 1.76. The van der Waals surface area contributed by atoms with Gasteiger partial charge in [0.05, 0.1) is 6.10 Å². The van der Waals surface area contributed by atoms with Gasteiger partial charge in [-0.25, -0.2) is 4.79 Å². The zero-order valence-electron chi connectivity index (χ0n) is 10.5. The standard InChI is InChI=1S/C13H15N3O3/c1-9(17)8-14-13(18)15-12-7-11(19-16-12)10-5-3-2-4-6-10/h2-7,9,17H,8H2,1H3,(H2,14,15,16,18). The first-order valence-corrected chi connectivity index (χ1v) is 5.90. The van der Waals surface area contributed by atoms with E-state index < -0.39 is 12.1 Å². The molecule has 0 radical (unpaired) electrons. The van der Waals surface area contributed by atoms with Crippen molar-refractivity contribution in [1.29, 1.82) is 0 Å². The topological polar surface area (TPSA) is 87.4 Å². The average Bonchev–Trinajstić information content (AvgIpc) is 2.86. The number of nitrogens with zero attached hydrogens (tertiary/aromatic N) is 1. The van der Waals surface area contributed by atoms with Crippen molar-refractivity contribution < 1.29 is 14.4 Å². The van der Waals surface area contributed by atoms with Crippen molar-refractivity contribution in [3.05, 3.63) is 36.4 Å². The van der Waals surface area contributed by atoms with E-state index in [0.29, 0.717) is 11.6 Å². The van der Waals surface area contributed by atoms with Crippen molar-refractivity contribution in [2.45, 2.75) is 13.0 Å². The Morgan fingerprint density at radius 3 is 2.84 bits per heavy atom. The van der Waals surface area contributed by atoms with Crippen molar-refractivity contribution in [2.75, 3.05) is 11.9 Å². The zero-order chi connectivity index (χ0) is 13.7. The molecule has 100 valence electrons. The van der Waals surface area contributed by atoms with E-state index in [9.17, 15) is 4.79 Å². The van der Waals surface area contributed by atoms with Crippen LogP contribution >= 0.6 is 0 Å². The fourth-order valence-corrected chi connectivity index (χ4v) is 1.47. The Labute approximate surface area is 110 Å². The molecule has 6 heteroatoms. The van der Waals surface area contributed by atoms with Crippen LogP contribution in [0.4, 0.5) is 10.6 Å². The molecule has 0 saturated carbocycles. The molecule has 1 atom stereocenters. The van der Waals surface area contributed by atoms with E-state index in [2.05, 4.69) is 15.8 Å². The number of hydrogen-bond donors (Lipinski definition) is 3. The van der Waals surface area contributed by atoms with Gasteiger partial charge >= 0.3 is 6.03 Å². The number of hydrogen-bond acceptors (Lipinski definition) is 4. The summed E-state index contributed by atoms with van der Waals surface area (Å²) in [5, 5.41) is 17.8. The van der Waals surface area contributed by atoms with Crippen LogP contribution in [0.1, 0.15) is 6.92 Å². The molecule has 0 aliphatic rings. The quantitative estimate of drug-likeness (QED) is 0.783. The van der Waals surface area contributed by atoms with Crippen LogP contribution in [0.3, 0.4) is 0 Å². The highest BCUT2D eigenvalue weighted by molar-refractivity contribution is 5.88. The third kappa shape index (κ3) is 3.82. The van der Waals surface area contributed by atoms with Crippen LogP contribution in [-0.4, -0.2) is 28.9 Å². The smallest absolute Gasteiger partial charge is 0.320 e. The molecule has 0 spiro atoms. The van der Waals surface area contributed by atoms with Gasteiger partial charge in [-0.1, -0.05) is 35.5 Å². The van der Waals surface area contributed by atoms with E-state index in [1.54, 1.807) is 13.0 Å². The summed E-state index contributed by atoms with van der Waals surface area (Å²) in [6.07, 6.45) is -0.595. The first-order valence-electron chi connectivity index (χ1n) is 5.90. The molecule has 2 amide bonds. The maximum Gasteiger partial charge on any atom is 0.320 e. The molecule has 0 aliphatic carbocycles. The normalized spacial score (nSPS) is 11.9. The third-order valence-electron chi connectivity index (χ3n) is 2.37. The average molecular weight is 261 g/mol. The van der Waals surface area contributed by atoms with Crippen LogP contribution in [-0.2, 0) is 0 Å². The molecule has 1 heterocycles. The first kappa shape index (κ1) is 13.1. The van der Waals surface area contributed by atoms with Gasteiger partial charge in [-0.2, -0.15) is 0 Å². The van der Waals surface area contributed by atoms with Gasteiger partial charge in [0.2, 0.25) is 0 Å². The number of urea groups is 1. The van der Waals surface area contributed by atoms with Gasteiger partial charge in [-0.3, -0.25) is 5.32 Å². The van der Waals surface area contributed by atoms with E-state index in [1.165, 1.54) is 0 Å². The summed E-state index contributed by atoms with van der Waals surface area (Å²) in [5.74, 6) is 0.897. The Balaban J connectivity index is 1.96. The largest absolute Gasteiger partial charge is 0.392 e. The summed E-state index contributed by atoms with van der Waals surface area (Å²) in [6, 6.07) is 10.7. The number of aliphatic hydroxyl groups excluding tert-OH is 1. The van der Waals surface area contributed by atoms with Crippen molar-refractivity contribution in [2.24, 2.45) is 0 Å². The Morgan fingerprint density at radius 1 is 1.42 bits per heavy atom. The molecular weight excluding hydrogens is 246 g/mol. The molecule has 1 unspecified atom stereocenters. The van der Waals surface area contributed by atoms with Crippen molar-refractivity contribution in [1.82, 2.24) is 10.5 Å². The minimum atomic E-state index is -0.595. The van der Waals surface area contributed by atoms with Gasteiger partial charge in [0.15, 0.2) is 11.6 Å². The molecule has 3 N–H and O–H groups in total. The second kappa shape index (κ2) is 6.01. The van der Waals surface area contributed by atoms with E-state index >= 15 is 0 Å². The van der Waals surface area contributed by atoms with Crippen LogP contribution in [0.15, 0.2) is 40.9 Å². The number of aliphatic hydroxyl groups is 1. The molecule has 0 aliphatic heterocycles. The van der Waals surface area contributed by atoms with Crippen LogP contribution in [0, 0.1) is 0 Å². The first-order chi connectivity index (χ1) is 9.15. The van der Waals surface area contributed by atoms with Gasteiger partial charge in [0, 0.05) is 18.2 Å². The molecule has 19 heavy (non-hydrogen) atoms. The van der Waals surface area contributed by atoms with Crippen LogP contribution in [0.2, 0.25) is 0 Å². The number of rotatable bonds is 4. The number of nitrogens with one attached hydrogen (secondary N) is 2. The zero-order valence-corrected chi connectivity index (χ0v) is 10.5. The number of carbonyl (C=O) groups is 1. The second-order valence-electron chi connectivity index (χ2n) is 4.13. The number of carbonyl (C=O) groups excluding carboxylic acids is 1. The summed E-state index contributed by atoms with van der Waals surface area (Å²) in [5.41, 5.74) is 0.882. The Morgan fingerprint density at radius 2 is 2.16 bits per heavy atom. The summed E-state index contributed by atoms with van der Waals surface area (Å²) in [7, 11) is 0. The summed E-state index contributed by atoms with van der Waals surface area (Å²) >= 11 is 0. The second-order valence-corrected chi connectivity index (χ2v) is 4.13. The van der Waals surface area contributed by atoms with Crippen LogP contribution in [0.25, 0.3) is 11.3 Å². The minimum absolute atomic E-state index is 0.176. The number of amides is 2. The van der Waals surface area contributed by atoms with E-state index in [1.807, 2.05) is 30.3 Å². The van der Waals surface area contributed by atoms with Gasteiger partial charge in [-0.15, -0.1) is 0 Å². The monoisotopic (exact) mass is 261 g/mol. The van der Waals surface area contributed by atoms with Crippen molar-refractivity contribution >= 4 is 11.8 Å². The Kier molecular flexibility index (Phi) is 4.15. The number of anilines is 1. The molecule has 0 saturated heterocycles. The fourth-order valence-electron chi connectivity index (χ4n) is 1.47. The SMILES string of the molecule is CC(O)CNC(=O)Nc1cc(-c2ccccc2)on1. The van der Waals surface area contributed by atoms with Crippen molar-refractivity contribution in [3.63, 3.8) is 0 Å². The lowest BCUT2D eigenvalue weighted by atomic mass is 10.2. The van der Waals surface area contributed by atoms with E-state index in [-0.39, 0.29) is 6.54 Å². The van der Waals surface area contributed by atoms with E-state index in [0.717, 1.165) is 5.56 Å². The summed E-state index contributed by atoms with van der Waals surface area (Å²) in [4.78, 5) is 11.4. The third-order valence-corrected chi connectivity index (χ3v) is 2.37. The molecule has 2 aromatic rings. The number of aromatic nitrogens is 1. The molecule has 1 aromatic carbocycles. The molecule has 0 fully saturated rings. The predicted molar refractivity (Wildman–Crippen MR) is 70.6 cm³/mol. The highest BCUT2D eigenvalue weighted by atomic mass is 16.5. The fraction of sp³-hybridized carbons (Fsp3) is 0.231. The predicted octanol–water partition coefficient (Wildman–Crippen LogP) is 1.84. The molecule has 6 nitrogen and oxygen atoms in total. The van der Waals surface area contributed by atoms with Gasteiger partial charge < -0.3 is 14.9 Å². The molecule has 1 aromatic heterocycles. The maximum atomic E-state index is 11.4.